The molecule has 0 saturated heterocycles. The molecule has 0 unspecified atom stereocenters. The number of carbonyl (C=O) groups is 2. The molecule has 0 saturated carbocycles. The highest BCUT2D eigenvalue weighted by Gasteiger charge is 2.31. The predicted octanol–water partition coefficient (Wildman–Crippen LogP) is 3.83. The van der Waals surface area contributed by atoms with E-state index < -0.39 is 22.0 Å². The van der Waals surface area contributed by atoms with E-state index in [0.717, 1.165) is 27.3 Å². The molecule has 2 amide bonds. The Morgan fingerprint density at radius 2 is 1.68 bits per heavy atom. The van der Waals surface area contributed by atoms with Crippen LogP contribution in [0.25, 0.3) is 0 Å². The molecule has 0 spiro atoms. The number of likely N-dealkylation sites (N-methyl/N-ethyl adjacent to an activating group) is 1. The van der Waals surface area contributed by atoms with Gasteiger partial charge in [-0.05, 0) is 49.4 Å². The highest BCUT2D eigenvalue weighted by molar-refractivity contribution is 7.92. The number of hydrogen-bond acceptors (Lipinski definition) is 4. The highest BCUT2D eigenvalue weighted by Crippen LogP contribution is 2.23. The van der Waals surface area contributed by atoms with Gasteiger partial charge in [-0.1, -0.05) is 62.7 Å². The Balaban J connectivity index is 2.42. The van der Waals surface area contributed by atoms with E-state index in [-0.39, 0.29) is 19.0 Å². The van der Waals surface area contributed by atoms with Gasteiger partial charge in [0.1, 0.15) is 12.6 Å². The average Bonchev–Trinajstić information content (AvgIpc) is 2.76. The lowest BCUT2D eigenvalue weighted by molar-refractivity contribution is -0.140. The van der Waals surface area contributed by atoms with E-state index in [9.17, 15) is 18.0 Å². The fourth-order valence-electron chi connectivity index (χ4n) is 3.86. The second kappa shape index (κ2) is 12.0. The lowest BCUT2D eigenvalue weighted by atomic mass is 10.0. The number of nitrogens with one attached hydrogen (secondary N) is 1. The van der Waals surface area contributed by atoms with Crippen LogP contribution in [0.3, 0.4) is 0 Å². The van der Waals surface area contributed by atoms with Gasteiger partial charge in [0, 0.05) is 13.1 Å². The molecule has 7 nitrogen and oxygen atoms in total. The molecule has 34 heavy (non-hydrogen) atoms. The van der Waals surface area contributed by atoms with Crippen LogP contribution in [0.5, 0.6) is 0 Å². The maximum atomic E-state index is 13.6. The quantitative estimate of drug-likeness (QED) is 0.522. The fraction of sp³-hybridized carbons (Fsp3) is 0.462. The molecule has 1 atom stereocenters. The van der Waals surface area contributed by atoms with E-state index in [0.29, 0.717) is 24.6 Å². The van der Waals surface area contributed by atoms with Crippen LogP contribution in [-0.4, -0.2) is 50.5 Å². The van der Waals surface area contributed by atoms with E-state index in [2.05, 4.69) is 19.2 Å². The zero-order chi connectivity index (χ0) is 25.5. The Labute approximate surface area is 204 Å². The Kier molecular flexibility index (Phi) is 9.67. The Bertz CT molecular complexity index is 1080. The molecular weight excluding hydrogens is 450 g/mol. The number of hydrogen-bond donors (Lipinski definition) is 1. The van der Waals surface area contributed by atoms with Crippen molar-refractivity contribution in [1.82, 2.24) is 10.2 Å². The molecule has 0 fully saturated rings. The van der Waals surface area contributed by atoms with Crippen molar-refractivity contribution in [1.29, 1.82) is 0 Å². The van der Waals surface area contributed by atoms with Crippen molar-refractivity contribution < 1.29 is 18.0 Å². The molecule has 0 heterocycles. The molecule has 0 bridgehead atoms. The van der Waals surface area contributed by atoms with Crippen LogP contribution in [0.4, 0.5) is 5.69 Å². The largest absolute Gasteiger partial charge is 0.355 e. The molecule has 0 aromatic heterocycles. The third-order valence-electron chi connectivity index (χ3n) is 5.70. The number of rotatable bonds is 11. The zero-order valence-electron chi connectivity index (χ0n) is 21.0. The van der Waals surface area contributed by atoms with Crippen molar-refractivity contribution in [2.75, 3.05) is 23.7 Å². The number of benzene rings is 2. The van der Waals surface area contributed by atoms with E-state index in [4.69, 9.17) is 0 Å². The smallest absolute Gasteiger partial charge is 0.244 e. The Hall–Kier alpha value is -2.87. The number of carbonyl (C=O) groups excluding carboxylic acids is 2. The van der Waals surface area contributed by atoms with Crippen LogP contribution in [0.1, 0.15) is 56.7 Å². The highest BCUT2D eigenvalue weighted by atomic mass is 32.2. The average molecular weight is 488 g/mol. The topological polar surface area (TPSA) is 86.8 Å². The summed E-state index contributed by atoms with van der Waals surface area (Å²) in [5.74, 6) is -0.384. The third-order valence-corrected chi connectivity index (χ3v) is 6.84. The fourth-order valence-corrected chi connectivity index (χ4v) is 4.71. The monoisotopic (exact) mass is 487 g/mol. The summed E-state index contributed by atoms with van der Waals surface area (Å²) in [6.07, 6.45) is 1.49. The van der Waals surface area contributed by atoms with E-state index >= 15 is 0 Å². The molecule has 1 N–H and O–H groups in total. The van der Waals surface area contributed by atoms with Crippen LogP contribution in [-0.2, 0) is 26.2 Å². The Morgan fingerprint density at radius 3 is 2.18 bits per heavy atom. The molecule has 0 aliphatic rings. The summed E-state index contributed by atoms with van der Waals surface area (Å²) in [6, 6.07) is 14.2. The molecule has 0 radical (unpaired) electrons. The van der Waals surface area contributed by atoms with Gasteiger partial charge in [-0.25, -0.2) is 8.42 Å². The standard InChI is InChI=1S/C26H37N3O4S/c1-7-24(26(31)27-8-2)28(17-21-11-9-10-20(5)16-21)25(30)18-29(34(6,32)33)23-14-12-22(13-15-23)19(3)4/h9-16,19,24H,7-8,17-18H2,1-6H3,(H,27,31)/t24-/m0/s1. The number of amides is 2. The van der Waals surface area contributed by atoms with Crippen LogP contribution < -0.4 is 9.62 Å². The minimum atomic E-state index is -3.74. The van der Waals surface area contributed by atoms with Gasteiger partial charge in [-0.2, -0.15) is 0 Å². The second-order valence-electron chi connectivity index (χ2n) is 8.85. The van der Waals surface area contributed by atoms with Crippen molar-refractivity contribution in [3.8, 4) is 0 Å². The molecule has 2 aromatic rings. The first-order chi connectivity index (χ1) is 16.0. The van der Waals surface area contributed by atoms with Crippen molar-refractivity contribution >= 4 is 27.5 Å². The maximum absolute atomic E-state index is 13.6. The lowest BCUT2D eigenvalue weighted by Crippen LogP contribution is -2.52. The van der Waals surface area contributed by atoms with Crippen molar-refractivity contribution in [2.45, 2.75) is 59.5 Å². The van der Waals surface area contributed by atoms with Gasteiger partial charge >= 0.3 is 0 Å². The summed E-state index contributed by atoms with van der Waals surface area (Å²) in [4.78, 5) is 27.9. The number of aryl methyl sites for hydroxylation is 1. The molecule has 0 aliphatic carbocycles. The van der Waals surface area contributed by atoms with Gasteiger partial charge in [0.05, 0.1) is 11.9 Å². The number of sulfonamides is 1. The van der Waals surface area contributed by atoms with E-state index in [1.807, 2.05) is 57.2 Å². The normalized spacial score (nSPS) is 12.3. The van der Waals surface area contributed by atoms with Crippen molar-refractivity contribution in [3.63, 3.8) is 0 Å². The zero-order valence-corrected chi connectivity index (χ0v) is 21.9. The minimum Gasteiger partial charge on any atom is -0.355 e. The number of anilines is 1. The third kappa shape index (κ3) is 7.32. The summed E-state index contributed by atoms with van der Waals surface area (Å²) in [5.41, 5.74) is 3.41. The van der Waals surface area contributed by atoms with Crippen LogP contribution >= 0.6 is 0 Å². The molecule has 8 heteroatoms. The van der Waals surface area contributed by atoms with Crippen LogP contribution in [0, 0.1) is 6.92 Å². The second-order valence-corrected chi connectivity index (χ2v) is 10.8. The summed E-state index contributed by atoms with van der Waals surface area (Å²) in [5, 5.41) is 2.80. The van der Waals surface area contributed by atoms with Gasteiger partial charge in [0.2, 0.25) is 21.8 Å². The van der Waals surface area contributed by atoms with Gasteiger partial charge < -0.3 is 10.2 Å². The first kappa shape index (κ1) is 27.4. The predicted molar refractivity (Wildman–Crippen MR) is 137 cm³/mol. The van der Waals surface area contributed by atoms with Gasteiger partial charge in [-0.15, -0.1) is 0 Å². The van der Waals surface area contributed by atoms with Crippen molar-refractivity contribution in [2.24, 2.45) is 0 Å². The number of nitrogens with zero attached hydrogens (tertiary/aromatic N) is 2. The molecule has 186 valence electrons. The van der Waals surface area contributed by atoms with Gasteiger partial charge in [0.15, 0.2) is 0 Å². The summed E-state index contributed by atoms with van der Waals surface area (Å²) in [6.45, 7) is 10.0. The van der Waals surface area contributed by atoms with Crippen LogP contribution in [0.15, 0.2) is 48.5 Å². The minimum absolute atomic E-state index is 0.208. The SMILES string of the molecule is CCNC(=O)[C@H](CC)N(Cc1cccc(C)c1)C(=O)CN(c1ccc(C(C)C)cc1)S(C)(=O)=O. The molecule has 2 rings (SSSR count). The van der Waals surface area contributed by atoms with E-state index in [1.54, 1.807) is 12.1 Å². The molecule has 0 aliphatic heterocycles. The summed E-state index contributed by atoms with van der Waals surface area (Å²) < 4.78 is 26.4. The first-order valence-electron chi connectivity index (χ1n) is 11.7. The van der Waals surface area contributed by atoms with Crippen LogP contribution in [0.2, 0.25) is 0 Å². The summed E-state index contributed by atoms with van der Waals surface area (Å²) in [7, 11) is -3.74. The molecule has 2 aromatic carbocycles. The summed E-state index contributed by atoms with van der Waals surface area (Å²) >= 11 is 0. The lowest BCUT2D eigenvalue weighted by Gasteiger charge is -2.33. The first-order valence-corrected chi connectivity index (χ1v) is 13.5. The maximum Gasteiger partial charge on any atom is 0.244 e. The molecular formula is C26H37N3O4S. The Morgan fingerprint density at radius 1 is 1.03 bits per heavy atom. The van der Waals surface area contributed by atoms with Gasteiger partial charge in [0.25, 0.3) is 0 Å². The van der Waals surface area contributed by atoms with Crippen molar-refractivity contribution in [3.05, 3.63) is 65.2 Å². The van der Waals surface area contributed by atoms with E-state index in [1.165, 1.54) is 4.90 Å². The van der Waals surface area contributed by atoms with Gasteiger partial charge in [-0.3, -0.25) is 13.9 Å².